The summed E-state index contributed by atoms with van der Waals surface area (Å²) in [6.45, 7) is 18.3. The van der Waals surface area contributed by atoms with Gasteiger partial charge in [-0.25, -0.2) is 6.57 Å². The zero-order valence-corrected chi connectivity index (χ0v) is 11.0. The smallest absolute Gasteiger partial charge is 0.328 e. The first kappa shape index (κ1) is 11.7. The van der Waals surface area contributed by atoms with Crippen LogP contribution in [0.15, 0.2) is 0 Å². The first-order valence-corrected chi connectivity index (χ1v) is 8.68. The van der Waals surface area contributed by atoms with E-state index in [-0.39, 0.29) is 5.41 Å². The molecule has 0 bridgehead atoms. The van der Waals surface area contributed by atoms with Crippen LogP contribution in [0.4, 0.5) is 0 Å². The maximum atomic E-state index is 7.33. The summed E-state index contributed by atoms with van der Waals surface area (Å²) in [5, 5.41) is 0. The maximum absolute atomic E-state index is 7.33. The van der Waals surface area contributed by atoms with Crippen LogP contribution in [0.3, 0.4) is 0 Å². The van der Waals surface area contributed by atoms with Crippen molar-refractivity contribution in [3.63, 3.8) is 0 Å². The third kappa shape index (κ3) is 2.83. The molecule has 1 atom stereocenters. The molecule has 0 aromatic rings. The lowest BCUT2D eigenvalue weighted by Gasteiger charge is -2.27. The molecular formula is C11H21NOSi. The van der Waals surface area contributed by atoms with Crippen LogP contribution in [0.25, 0.3) is 4.85 Å². The molecule has 3 heteroatoms. The molecule has 0 aromatic carbocycles. The predicted molar refractivity (Wildman–Crippen MR) is 61.4 cm³/mol. The van der Waals surface area contributed by atoms with Crippen molar-refractivity contribution in [1.82, 2.24) is 0 Å². The summed E-state index contributed by atoms with van der Waals surface area (Å²) in [5.74, 6) is 0. The minimum absolute atomic E-state index is 0.282. The highest BCUT2D eigenvalue weighted by molar-refractivity contribution is 6.69. The van der Waals surface area contributed by atoms with Crippen molar-refractivity contribution in [2.75, 3.05) is 0 Å². The maximum Gasteiger partial charge on any atom is 0.328 e. The molecule has 14 heavy (non-hydrogen) atoms. The van der Waals surface area contributed by atoms with Crippen molar-refractivity contribution in [2.45, 2.75) is 58.5 Å². The Morgan fingerprint density at radius 2 is 1.79 bits per heavy atom. The van der Waals surface area contributed by atoms with Crippen LogP contribution in [-0.4, -0.2) is 14.0 Å². The van der Waals surface area contributed by atoms with Crippen LogP contribution in [-0.2, 0) is 4.43 Å². The summed E-state index contributed by atoms with van der Waals surface area (Å²) in [5.41, 5.74) is -0.210. The van der Waals surface area contributed by atoms with Gasteiger partial charge in [-0.2, -0.15) is 0 Å². The van der Waals surface area contributed by atoms with E-state index in [0.29, 0.717) is 0 Å². The lowest BCUT2D eigenvalue weighted by molar-refractivity contribution is 0.104. The van der Waals surface area contributed by atoms with Gasteiger partial charge in [0.05, 0.1) is 12.8 Å². The lowest BCUT2D eigenvalue weighted by atomic mass is 9.91. The molecule has 80 valence electrons. The van der Waals surface area contributed by atoms with Gasteiger partial charge < -0.3 is 4.43 Å². The van der Waals surface area contributed by atoms with Gasteiger partial charge >= 0.3 is 5.72 Å². The van der Waals surface area contributed by atoms with Crippen molar-refractivity contribution in [3.8, 4) is 0 Å². The summed E-state index contributed by atoms with van der Waals surface area (Å²) < 4.78 is 6.06. The minimum atomic E-state index is -1.59. The Labute approximate surface area is 88.6 Å². The van der Waals surface area contributed by atoms with E-state index in [4.69, 9.17) is 11.0 Å². The molecule has 0 amide bonds. The topological polar surface area (TPSA) is 13.6 Å². The molecule has 1 unspecified atom stereocenters. The highest BCUT2D eigenvalue weighted by atomic mass is 28.4. The largest absolute Gasteiger partial charge is 0.351 e. The van der Waals surface area contributed by atoms with Crippen LogP contribution >= 0.6 is 0 Å². The summed E-state index contributed by atoms with van der Waals surface area (Å²) in [6, 6.07) is 0. The summed E-state index contributed by atoms with van der Waals surface area (Å²) in [7, 11) is -1.59. The minimum Gasteiger partial charge on any atom is -0.351 e. The number of nitrogens with zero attached hydrogens (tertiary/aromatic N) is 1. The third-order valence-corrected chi connectivity index (χ3v) is 3.64. The third-order valence-electron chi connectivity index (χ3n) is 2.65. The molecule has 0 spiro atoms. The fourth-order valence-electron chi connectivity index (χ4n) is 2.23. The monoisotopic (exact) mass is 211 g/mol. The quantitative estimate of drug-likeness (QED) is 0.502. The van der Waals surface area contributed by atoms with Gasteiger partial charge in [0, 0.05) is 0 Å². The van der Waals surface area contributed by atoms with E-state index in [1.54, 1.807) is 0 Å². The van der Waals surface area contributed by atoms with E-state index in [0.717, 1.165) is 19.3 Å². The first-order chi connectivity index (χ1) is 6.18. The van der Waals surface area contributed by atoms with Crippen molar-refractivity contribution >= 4 is 8.32 Å². The molecule has 1 saturated carbocycles. The van der Waals surface area contributed by atoms with E-state index in [9.17, 15) is 0 Å². The fraction of sp³-hybridized carbons (Fsp3) is 0.909. The van der Waals surface area contributed by atoms with Gasteiger partial charge in [0.15, 0.2) is 8.32 Å². The Morgan fingerprint density at radius 1 is 1.21 bits per heavy atom. The Hall–Kier alpha value is -0.333. The standard InChI is InChI=1S/C11H21NOSi/c1-10(2)7-8-11(9-10,12-3)13-14(4,5)6/h7-9H2,1-2,4-6H3. The van der Waals surface area contributed by atoms with E-state index in [2.05, 4.69) is 38.3 Å². The molecular weight excluding hydrogens is 190 g/mol. The molecule has 0 radical (unpaired) electrons. The van der Waals surface area contributed by atoms with E-state index in [1.807, 2.05) is 0 Å². The average Bonchev–Trinajstić information content (AvgIpc) is 2.24. The second-order valence-corrected chi connectivity index (χ2v) is 10.5. The second kappa shape index (κ2) is 3.36. The first-order valence-electron chi connectivity index (χ1n) is 5.27. The molecule has 0 aromatic heterocycles. The second-order valence-electron chi connectivity index (χ2n) is 6.11. The van der Waals surface area contributed by atoms with Gasteiger partial charge in [0.1, 0.15) is 0 Å². The lowest BCUT2D eigenvalue weighted by Crippen LogP contribution is -2.39. The predicted octanol–water partition coefficient (Wildman–Crippen LogP) is 3.66. The molecule has 1 fully saturated rings. The SMILES string of the molecule is [C-]#[N+]C1(O[Si](C)(C)C)CCC(C)(C)C1. The molecule has 2 nitrogen and oxygen atoms in total. The van der Waals surface area contributed by atoms with Crippen LogP contribution in [0, 0.1) is 12.0 Å². The molecule has 0 aliphatic heterocycles. The Balaban J connectivity index is 2.77. The van der Waals surface area contributed by atoms with Gasteiger partial charge in [-0.1, -0.05) is 13.8 Å². The molecule has 0 N–H and O–H groups in total. The van der Waals surface area contributed by atoms with Gasteiger partial charge in [-0.05, 0) is 31.5 Å². The van der Waals surface area contributed by atoms with Gasteiger partial charge in [0.25, 0.3) is 0 Å². The zero-order valence-electron chi connectivity index (χ0n) is 9.98. The molecule has 1 aliphatic rings. The average molecular weight is 211 g/mol. The normalized spacial score (nSPS) is 31.4. The molecule has 0 saturated heterocycles. The van der Waals surface area contributed by atoms with E-state index in [1.165, 1.54) is 0 Å². The van der Waals surface area contributed by atoms with E-state index >= 15 is 0 Å². The van der Waals surface area contributed by atoms with E-state index < -0.39 is 14.0 Å². The molecule has 1 aliphatic carbocycles. The number of rotatable bonds is 2. The highest BCUT2D eigenvalue weighted by Gasteiger charge is 2.52. The summed E-state index contributed by atoms with van der Waals surface area (Å²) in [6.07, 6.45) is 2.92. The van der Waals surface area contributed by atoms with Crippen molar-refractivity contribution in [3.05, 3.63) is 11.4 Å². The Kier molecular flexibility index (Phi) is 2.81. The van der Waals surface area contributed by atoms with Crippen molar-refractivity contribution in [1.29, 1.82) is 0 Å². The molecule has 0 heterocycles. The van der Waals surface area contributed by atoms with Gasteiger partial charge in [-0.3, -0.25) is 4.85 Å². The van der Waals surface area contributed by atoms with Crippen LogP contribution in [0.5, 0.6) is 0 Å². The van der Waals surface area contributed by atoms with Crippen LogP contribution in [0.2, 0.25) is 19.6 Å². The van der Waals surface area contributed by atoms with Gasteiger partial charge in [-0.15, -0.1) is 0 Å². The van der Waals surface area contributed by atoms with Crippen molar-refractivity contribution in [2.24, 2.45) is 5.41 Å². The van der Waals surface area contributed by atoms with Crippen LogP contribution < -0.4 is 0 Å². The Morgan fingerprint density at radius 3 is 2.07 bits per heavy atom. The zero-order chi connectivity index (χ0) is 11.0. The van der Waals surface area contributed by atoms with Crippen molar-refractivity contribution < 1.29 is 4.43 Å². The van der Waals surface area contributed by atoms with Crippen LogP contribution in [0.1, 0.15) is 33.1 Å². The number of hydrogen-bond acceptors (Lipinski definition) is 1. The fourth-order valence-corrected chi connectivity index (χ4v) is 3.59. The van der Waals surface area contributed by atoms with Gasteiger partial charge in [0.2, 0.25) is 0 Å². The Bertz CT molecular complexity index is 261. The number of hydrogen-bond donors (Lipinski definition) is 0. The molecule has 1 rings (SSSR count). The summed E-state index contributed by atoms with van der Waals surface area (Å²) in [4.78, 5) is 3.76. The summed E-state index contributed by atoms with van der Waals surface area (Å²) >= 11 is 0. The highest BCUT2D eigenvalue weighted by Crippen LogP contribution is 2.47.